The number of alkyl halides is 4. The fraction of sp³-hybridized carbons (Fsp3) is 0.483. The molecule has 1 saturated carbocycles. The van der Waals surface area contributed by atoms with Gasteiger partial charge >= 0.3 is 6.18 Å². The number of nitrogens with zero attached hydrogens (tertiary/aromatic N) is 1. The van der Waals surface area contributed by atoms with Crippen molar-refractivity contribution in [3.05, 3.63) is 65.7 Å². The Morgan fingerprint density at radius 1 is 1.00 bits per heavy atom. The number of rotatable bonds is 10. The summed E-state index contributed by atoms with van der Waals surface area (Å²) in [6.07, 6.45) is -2.29. The average Bonchev–Trinajstić information content (AvgIpc) is 3.31. The molecule has 42 heavy (non-hydrogen) atoms. The van der Waals surface area contributed by atoms with E-state index in [1.807, 2.05) is 0 Å². The van der Waals surface area contributed by atoms with Crippen LogP contribution >= 0.6 is 11.6 Å². The molecule has 2 aliphatic rings. The maximum atomic E-state index is 13.5. The predicted molar refractivity (Wildman–Crippen MR) is 151 cm³/mol. The number of sulfone groups is 1. The second-order valence-corrected chi connectivity index (χ2v) is 13.1. The van der Waals surface area contributed by atoms with E-state index in [1.165, 1.54) is 18.2 Å². The molecule has 1 aliphatic heterocycles. The van der Waals surface area contributed by atoms with Crippen LogP contribution in [0.4, 0.5) is 13.2 Å². The predicted octanol–water partition coefficient (Wildman–Crippen LogP) is 4.18. The molecule has 3 amide bonds. The second-order valence-electron chi connectivity index (χ2n) is 10.7. The molecule has 1 saturated heterocycles. The van der Waals surface area contributed by atoms with Gasteiger partial charge < -0.3 is 15.5 Å². The highest BCUT2D eigenvalue weighted by Crippen LogP contribution is 2.34. The summed E-state index contributed by atoms with van der Waals surface area (Å²) in [6, 6.07) is 10.3. The fourth-order valence-electron chi connectivity index (χ4n) is 5.75. The Morgan fingerprint density at radius 3 is 2.43 bits per heavy atom. The van der Waals surface area contributed by atoms with Gasteiger partial charge in [0.1, 0.15) is 6.04 Å². The summed E-state index contributed by atoms with van der Waals surface area (Å²) in [5.74, 6) is -1.76. The molecule has 0 spiro atoms. The Labute approximate surface area is 247 Å². The largest absolute Gasteiger partial charge is 0.416 e. The molecular weight excluding hydrogens is 595 g/mol. The van der Waals surface area contributed by atoms with Gasteiger partial charge in [-0.25, -0.2) is 8.42 Å². The monoisotopic (exact) mass is 627 g/mol. The van der Waals surface area contributed by atoms with E-state index in [-0.39, 0.29) is 47.5 Å². The Bertz CT molecular complexity index is 1390. The van der Waals surface area contributed by atoms with Gasteiger partial charge in [-0.15, -0.1) is 11.6 Å². The van der Waals surface area contributed by atoms with Gasteiger partial charge in [0.05, 0.1) is 16.2 Å². The van der Waals surface area contributed by atoms with E-state index < -0.39 is 51.4 Å². The molecule has 2 N–H and O–H groups in total. The number of benzene rings is 2. The molecule has 0 radical (unpaired) electrons. The van der Waals surface area contributed by atoms with Gasteiger partial charge in [-0.05, 0) is 68.4 Å². The second kappa shape index (κ2) is 13.5. The quantitative estimate of drug-likeness (QED) is 0.384. The summed E-state index contributed by atoms with van der Waals surface area (Å²) in [6.45, 7) is 0.256. The lowest BCUT2D eigenvalue weighted by molar-refractivity contribution is -0.137. The van der Waals surface area contributed by atoms with Crippen molar-refractivity contribution in [1.29, 1.82) is 0 Å². The van der Waals surface area contributed by atoms with Crippen molar-refractivity contribution in [1.82, 2.24) is 15.5 Å². The van der Waals surface area contributed by atoms with Gasteiger partial charge in [0.15, 0.2) is 9.84 Å². The molecule has 228 valence electrons. The third-order valence-corrected chi connectivity index (χ3v) is 9.90. The lowest BCUT2D eigenvalue weighted by Crippen LogP contribution is -2.52. The van der Waals surface area contributed by atoms with Gasteiger partial charge in [-0.3, -0.25) is 14.4 Å². The minimum atomic E-state index is -4.62. The Hall–Kier alpha value is -3.12. The number of carbonyl (C=O) groups is 3. The van der Waals surface area contributed by atoms with Gasteiger partial charge in [0, 0.05) is 36.5 Å². The van der Waals surface area contributed by atoms with E-state index >= 15 is 0 Å². The fourth-order valence-corrected chi connectivity index (χ4v) is 7.56. The van der Waals surface area contributed by atoms with Gasteiger partial charge in [0.25, 0.3) is 5.91 Å². The lowest BCUT2D eigenvalue weighted by Gasteiger charge is -2.41. The Morgan fingerprint density at radius 2 is 1.74 bits per heavy atom. The van der Waals surface area contributed by atoms with Gasteiger partial charge in [-0.1, -0.05) is 24.3 Å². The van der Waals surface area contributed by atoms with E-state index in [4.69, 9.17) is 11.6 Å². The number of amides is 3. The number of likely N-dealkylation sites (tertiary alicyclic amines) is 1. The molecule has 1 aliphatic carbocycles. The molecule has 4 atom stereocenters. The molecule has 0 bridgehead atoms. The molecule has 2 aromatic carbocycles. The van der Waals surface area contributed by atoms with E-state index in [0.717, 1.165) is 18.2 Å². The Balaban J connectivity index is 1.49. The normalized spacial score (nSPS) is 23.0. The topological polar surface area (TPSA) is 113 Å². The molecule has 2 aromatic rings. The highest BCUT2D eigenvalue weighted by molar-refractivity contribution is 7.91. The summed E-state index contributed by atoms with van der Waals surface area (Å²) >= 11 is 5.70. The molecule has 13 heteroatoms. The van der Waals surface area contributed by atoms with Crippen molar-refractivity contribution in [2.24, 2.45) is 5.92 Å². The van der Waals surface area contributed by atoms with Crippen molar-refractivity contribution < 1.29 is 36.0 Å². The SMILES string of the molecule is O=C(CCCCl)NC1CCC(N2CCC(NC(=O)c3cccc(C(F)(F)F)c3)C2=O)C(CS(=O)(=O)c2ccccc2)C1. The van der Waals surface area contributed by atoms with Crippen LogP contribution in [0.1, 0.15) is 54.4 Å². The number of hydrogen-bond donors (Lipinski definition) is 2. The van der Waals surface area contributed by atoms with Crippen molar-refractivity contribution in [3.63, 3.8) is 0 Å². The maximum Gasteiger partial charge on any atom is 0.416 e. The zero-order chi connectivity index (χ0) is 30.5. The van der Waals surface area contributed by atoms with Gasteiger partial charge in [0.2, 0.25) is 11.8 Å². The highest BCUT2D eigenvalue weighted by Gasteiger charge is 2.44. The van der Waals surface area contributed by atoms with E-state index in [9.17, 15) is 36.0 Å². The standard InChI is InChI=1S/C29H33ClF3N3O5S/c30-14-5-10-26(37)34-22-11-12-25(20(17-22)18-42(40,41)23-8-2-1-3-9-23)36-15-13-24(28(36)39)35-27(38)19-6-4-7-21(16-19)29(31,32)33/h1-4,6-9,16,20,22,24-25H,5,10-15,17-18H2,(H,34,37)(H,35,38). The molecule has 4 rings (SSSR count). The van der Waals surface area contributed by atoms with Crippen molar-refractivity contribution in [2.75, 3.05) is 18.2 Å². The van der Waals surface area contributed by atoms with Crippen LogP contribution in [0.5, 0.6) is 0 Å². The first-order valence-electron chi connectivity index (χ1n) is 13.8. The highest BCUT2D eigenvalue weighted by atomic mass is 35.5. The first kappa shape index (κ1) is 31.8. The first-order valence-corrected chi connectivity index (χ1v) is 16.0. The zero-order valence-electron chi connectivity index (χ0n) is 22.8. The maximum absolute atomic E-state index is 13.5. The third-order valence-electron chi connectivity index (χ3n) is 7.78. The van der Waals surface area contributed by atoms with Crippen LogP contribution in [0.15, 0.2) is 59.5 Å². The van der Waals surface area contributed by atoms with Crippen molar-refractivity contribution in [3.8, 4) is 0 Å². The van der Waals surface area contributed by atoms with Gasteiger partial charge in [-0.2, -0.15) is 13.2 Å². The molecule has 1 heterocycles. The zero-order valence-corrected chi connectivity index (χ0v) is 24.4. The minimum Gasteiger partial charge on any atom is -0.353 e. The van der Waals surface area contributed by atoms with E-state index in [0.29, 0.717) is 31.6 Å². The van der Waals surface area contributed by atoms with Crippen LogP contribution in [0.3, 0.4) is 0 Å². The molecule has 2 fully saturated rings. The van der Waals surface area contributed by atoms with E-state index in [1.54, 1.807) is 23.1 Å². The molecule has 0 aromatic heterocycles. The first-order chi connectivity index (χ1) is 19.9. The van der Waals surface area contributed by atoms with Crippen LogP contribution in [0.25, 0.3) is 0 Å². The summed E-state index contributed by atoms with van der Waals surface area (Å²) in [4.78, 5) is 40.3. The van der Waals surface area contributed by atoms with Crippen molar-refractivity contribution in [2.45, 2.75) is 67.7 Å². The molecular formula is C29H33ClF3N3O5S. The average molecular weight is 628 g/mol. The van der Waals surface area contributed by atoms with Crippen LogP contribution in [0, 0.1) is 5.92 Å². The van der Waals surface area contributed by atoms with Crippen molar-refractivity contribution >= 4 is 39.2 Å². The smallest absolute Gasteiger partial charge is 0.353 e. The van der Waals surface area contributed by atoms with Crippen LogP contribution in [0.2, 0.25) is 0 Å². The number of halogens is 4. The molecule has 4 unspecified atom stereocenters. The summed E-state index contributed by atoms with van der Waals surface area (Å²) in [7, 11) is -3.72. The number of nitrogens with one attached hydrogen (secondary N) is 2. The van der Waals surface area contributed by atoms with Crippen LogP contribution in [-0.2, 0) is 25.6 Å². The summed E-state index contributed by atoms with van der Waals surface area (Å²) in [5, 5.41) is 5.52. The summed E-state index contributed by atoms with van der Waals surface area (Å²) in [5.41, 5.74) is -1.18. The number of carbonyl (C=O) groups excluding carboxylic acids is 3. The Kier molecular flexibility index (Phi) is 10.2. The third kappa shape index (κ3) is 7.83. The summed E-state index contributed by atoms with van der Waals surface area (Å²) < 4.78 is 66.0. The molecule has 8 nitrogen and oxygen atoms in total. The van der Waals surface area contributed by atoms with E-state index in [2.05, 4.69) is 10.6 Å². The minimum absolute atomic E-state index is 0.163. The van der Waals surface area contributed by atoms with Crippen LogP contribution < -0.4 is 10.6 Å². The lowest BCUT2D eigenvalue weighted by atomic mass is 9.81. The van der Waals surface area contributed by atoms with Crippen LogP contribution in [-0.4, -0.2) is 67.3 Å². The number of hydrogen-bond acceptors (Lipinski definition) is 5.